The summed E-state index contributed by atoms with van der Waals surface area (Å²) in [6.07, 6.45) is 0. The zero-order chi connectivity index (χ0) is 16.1. The Bertz CT molecular complexity index is 802. The molecule has 0 atom stereocenters. The van der Waals surface area contributed by atoms with E-state index in [1.54, 1.807) is 23.5 Å². The first-order valence-corrected chi connectivity index (χ1v) is 7.34. The van der Waals surface area contributed by atoms with E-state index in [0.717, 1.165) is 26.4 Å². The van der Waals surface area contributed by atoms with Crippen molar-refractivity contribution in [2.24, 2.45) is 5.73 Å². The van der Waals surface area contributed by atoms with Crippen molar-refractivity contribution in [2.75, 3.05) is 0 Å². The van der Waals surface area contributed by atoms with Crippen LogP contribution in [0, 0.1) is 12.7 Å². The number of carbonyl (C=O) groups is 1. The van der Waals surface area contributed by atoms with E-state index in [2.05, 4.69) is 4.98 Å². The fourth-order valence-corrected chi connectivity index (χ4v) is 2.94. The third kappa shape index (κ3) is 3.47. The van der Waals surface area contributed by atoms with Gasteiger partial charge in [0.05, 0.1) is 15.2 Å². The van der Waals surface area contributed by atoms with Crippen LogP contribution < -0.4 is 5.73 Å². The van der Waals surface area contributed by atoms with Crippen molar-refractivity contribution >= 4 is 28.0 Å². The molecule has 0 spiro atoms. The van der Waals surface area contributed by atoms with Crippen LogP contribution >= 0.6 is 11.3 Å². The summed E-state index contributed by atoms with van der Waals surface area (Å²) in [6, 6.07) is 10.8. The molecule has 22 heavy (non-hydrogen) atoms. The van der Waals surface area contributed by atoms with Gasteiger partial charge in [-0.05, 0) is 42.3 Å². The standard InChI is InChI=1S/C15H13FN2S.CH2O2/c1-9-18-14-7-11(3-5-15(14)19-9)12-6-10(8-17)2-4-13(12)16;2-1-3/h2-7H,8,17H2,1H3;1H,(H,2,3). The van der Waals surface area contributed by atoms with Crippen LogP contribution in [0.1, 0.15) is 10.6 Å². The first-order valence-electron chi connectivity index (χ1n) is 6.53. The van der Waals surface area contributed by atoms with Crippen molar-refractivity contribution in [3.8, 4) is 11.1 Å². The minimum Gasteiger partial charge on any atom is -0.483 e. The lowest BCUT2D eigenvalue weighted by molar-refractivity contribution is -0.122. The van der Waals surface area contributed by atoms with Gasteiger partial charge in [0.25, 0.3) is 6.47 Å². The third-order valence-electron chi connectivity index (χ3n) is 3.07. The Labute approximate surface area is 131 Å². The van der Waals surface area contributed by atoms with Gasteiger partial charge in [0.2, 0.25) is 0 Å². The lowest BCUT2D eigenvalue weighted by Crippen LogP contribution is -1.97. The molecule has 1 heterocycles. The predicted octanol–water partition coefficient (Wildman–Crippen LogP) is 3.57. The number of thiazole rings is 1. The van der Waals surface area contributed by atoms with Crippen LogP contribution in [-0.2, 0) is 11.3 Å². The van der Waals surface area contributed by atoms with E-state index < -0.39 is 0 Å². The minimum atomic E-state index is -0.250. The summed E-state index contributed by atoms with van der Waals surface area (Å²) in [5, 5.41) is 7.91. The summed E-state index contributed by atoms with van der Waals surface area (Å²) in [6.45, 7) is 2.13. The molecule has 1 aromatic heterocycles. The molecule has 0 amide bonds. The van der Waals surface area contributed by atoms with Gasteiger partial charge in [-0.25, -0.2) is 9.37 Å². The lowest BCUT2D eigenvalue weighted by Gasteiger charge is -2.06. The molecule has 0 aliphatic rings. The Morgan fingerprint density at radius 1 is 1.32 bits per heavy atom. The van der Waals surface area contributed by atoms with E-state index in [0.29, 0.717) is 12.1 Å². The number of nitrogens with two attached hydrogens (primary N) is 1. The maximum Gasteiger partial charge on any atom is 0.290 e. The number of aryl methyl sites for hydroxylation is 1. The van der Waals surface area contributed by atoms with Gasteiger partial charge in [-0.2, -0.15) is 0 Å². The average molecular weight is 318 g/mol. The molecule has 3 rings (SSSR count). The molecule has 0 aliphatic heterocycles. The minimum absolute atomic E-state index is 0.233. The van der Waals surface area contributed by atoms with Crippen molar-refractivity contribution in [3.63, 3.8) is 0 Å². The molecular weight excluding hydrogens is 303 g/mol. The monoisotopic (exact) mass is 318 g/mol. The fraction of sp³-hybridized carbons (Fsp3) is 0.125. The van der Waals surface area contributed by atoms with E-state index >= 15 is 0 Å². The molecule has 3 N–H and O–H groups in total. The summed E-state index contributed by atoms with van der Waals surface area (Å²) in [5.74, 6) is -0.233. The number of hydrogen-bond acceptors (Lipinski definition) is 4. The molecule has 0 unspecified atom stereocenters. The molecule has 114 valence electrons. The number of aromatic nitrogens is 1. The maximum absolute atomic E-state index is 13.9. The van der Waals surface area contributed by atoms with Crippen molar-refractivity contribution in [1.82, 2.24) is 4.98 Å². The first kappa shape index (κ1) is 16.1. The number of carboxylic acid groups (broad SMARTS) is 1. The molecular formula is C16H15FN2O2S. The number of rotatable bonds is 2. The Hall–Kier alpha value is -2.31. The Kier molecular flexibility index (Phi) is 5.19. The zero-order valence-corrected chi connectivity index (χ0v) is 12.7. The first-order chi connectivity index (χ1) is 10.6. The van der Waals surface area contributed by atoms with Crippen molar-refractivity contribution in [3.05, 3.63) is 52.8 Å². The van der Waals surface area contributed by atoms with Gasteiger partial charge in [0.1, 0.15) is 5.82 Å². The van der Waals surface area contributed by atoms with Gasteiger partial charge in [-0.1, -0.05) is 12.1 Å². The topological polar surface area (TPSA) is 76.2 Å². The maximum atomic E-state index is 13.9. The summed E-state index contributed by atoms with van der Waals surface area (Å²) < 4.78 is 15.1. The molecule has 0 fully saturated rings. The number of fused-ring (bicyclic) bond motifs is 1. The van der Waals surface area contributed by atoms with Crippen LogP contribution in [0.25, 0.3) is 21.3 Å². The second kappa shape index (κ2) is 7.11. The fourth-order valence-electron chi connectivity index (χ4n) is 2.13. The second-order valence-corrected chi connectivity index (χ2v) is 5.77. The van der Waals surface area contributed by atoms with Crippen molar-refractivity contribution < 1.29 is 14.3 Å². The molecule has 0 aliphatic carbocycles. The van der Waals surface area contributed by atoms with E-state index in [9.17, 15) is 4.39 Å². The van der Waals surface area contributed by atoms with E-state index in [1.807, 2.05) is 25.1 Å². The molecule has 0 radical (unpaired) electrons. The number of benzene rings is 2. The van der Waals surface area contributed by atoms with Crippen LogP contribution in [0.5, 0.6) is 0 Å². The van der Waals surface area contributed by atoms with Gasteiger partial charge < -0.3 is 10.8 Å². The van der Waals surface area contributed by atoms with Crippen molar-refractivity contribution in [1.29, 1.82) is 0 Å². The molecule has 2 aromatic carbocycles. The quantitative estimate of drug-likeness (QED) is 0.708. The SMILES string of the molecule is Cc1nc2cc(-c3cc(CN)ccc3F)ccc2s1.O=CO. The van der Waals surface area contributed by atoms with Crippen LogP contribution in [0.2, 0.25) is 0 Å². The Balaban J connectivity index is 0.000000545. The van der Waals surface area contributed by atoms with E-state index in [1.165, 1.54) is 6.07 Å². The smallest absolute Gasteiger partial charge is 0.290 e. The lowest BCUT2D eigenvalue weighted by atomic mass is 10.0. The van der Waals surface area contributed by atoms with Gasteiger partial charge in [-0.15, -0.1) is 11.3 Å². The normalized spacial score (nSPS) is 10.1. The van der Waals surface area contributed by atoms with E-state index in [4.69, 9.17) is 15.6 Å². The largest absolute Gasteiger partial charge is 0.483 e. The Morgan fingerprint density at radius 3 is 2.73 bits per heavy atom. The number of nitrogens with zero attached hydrogens (tertiary/aromatic N) is 1. The van der Waals surface area contributed by atoms with Crippen molar-refractivity contribution in [2.45, 2.75) is 13.5 Å². The third-order valence-corrected chi connectivity index (χ3v) is 4.02. The van der Waals surface area contributed by atoms with Gasteiger partial charge in [0.15, 0.2) is 0 Å². The summed E-state index contributed by atoms with van der Waals surface area (Å²) in [7, 11) is 0. The average Bonchev–Trinajstić information content (AvgIpc) is 2.87. The number of hydrogen-bond donors (Lipinski definition) is 2. The Morgan fingerprint density at radius 2 is 2.05 bits per heavy atom. The van der Waals surface area contributed by atoms with Gasteiger partial charge in [-0.3, -0.25) is 4.79 Å². The van der Waals surface area contributed by atoms with Crippen LogP contribution in [0.4, 0.5) is 4.39 Å². The highest BCUT2D eigenvalue weighted by molar-refractivity contribution is 7.18. The highest BCUT2D eigenvalue weighted by atomic mass is 32.1. The summed E-state index contributed by atoms with van der Waals surface area (Å²) in [4.78, 5) is 12.8. The molecule has 0 saturated heterocycles. The van der Waals surface area contributed by atoms with E-state index in [-0.39, 0.29) is 12.3 Å². The summed E-state index contributed by atoms with van der Waals surface area (Å²) in [5.41, 5.74) is 8.86. The van der Waals surface area contributed by atoms with Gasteiger partial charge in [0, 0.05) is 12.1 Å². The highest BCUT2D eigenvalue weighted by Crippen LogP contribution is 2.29. The molecule has 4 nitrogen and oxygen atoms in total. The molecule has 3 aromatic rings. The number of halogens is 1. The predicted molar refractivity (Wildman–Crippen MR) is 86.3 cm³/mol. The molecule has 0 bridgehead atoms. The second-order valence-electron chi connectivity index (χ2n) is 4.54. The summed E-state index contributed by atoms with van der Waals surface area (Å²) >= 11 is 1.64. The van der Waals surface area contributed by atoms with Crippen LogP contribution in [0.15, 0.2) is 36.4 Å². The van der Waals surface area contributed by atoms with Gasteiger partial charge >= 0.3 is 0 Å². The highest BCUT2D eigenvalue weighted by Gasteiger charge is 2.08. The molecule has 6 heteroatoms. The van der Waals surface area contributed by atoms with Crippen LogP contribution in [0.3, 0.4) is 0 Å². The zero-order valence-electron chi connectivity index (χ0n) is 11.9. The molecule has 0 saturated carbocycles. The van der Waals surface area contributed by atoms with Crippen LogP contribution in [-0.4, -0.2) is 16.6 Å².